The molecule has 1 aromatic rings. The summed E-state index contributed by atoms with van der Waals surface area (Å²) in [6.45, 7) is 6.74. The predicted octanol–water partition coefficient (Wildman–Crippen LogP) is 1.97. The molecule has 3 rings (SSSR count). The Hall–Kier alpha value is -1.74. The monoisotopic (exact) mass is 424 g/mol. The molecule has 1 fully saturated rings. The SMILES string of the molecule is CCC(CC)C(=O)N1CCCC[C@H]1c1nc2c(c(=O)[nH]1)CN(S(=O)(=O)CC)CC2. The number of H-pyrrole nitrogens is 1. The van der Waals surface area contributed by atoms with Gasteiger partial charge in [0.1, 0.15) is 5.82 Å². The van der Waals surface area contributed by atoms with Crippen LogP contribution in [0.1, 0.15) is 76.0 Å². The number of carbonyl (C=O) groups is 1. The van der Waals surface area contributed by atoms with E-state index in [2.05, 4.69) is 4.98 Å². The lowest BCUT2D eigenvalue weighted by Gasteiger charge is -2.37. The Labute approximate surface area is 172 Å². The largest absolute Gasteiger partial charge is 0.332 e. The predicted molar refractivity (Wildman–Crippen MR) is 111 cm³/mol. The number of nitrogens with one attached hydrogen (secondary N) is 1. The molecule has 8 nitrogen and oxygen atoms in total. The van der Waals surface area contributed by atoms with Crippen molar-refractivity contribution in [2.75, 3.05) is 18.8 Å². The number of hydrogen-bond donors (Lipinski definition) is 1. The van der Waals surface area contributed by atoms with Crippen molar-refractivity contribution in [2.24, 2.45) is 5.92 Å². The summed E-state index contributed by atoms with van der Waals surface area (Å²) in [6, 6.07) is -0.216. The number of aromatic amines is 1. The van der Waals surface area contributed by atoms with Gasteiger partial charge in [-0.3, -0.25) is 9.59 Å². The van der Waals surface area contributed by atoms with Gasteiger partial charge in [-0.25, -0.2) is 13.4 Å². The summed E-state index contributed by atoms with van der Waals surface area (Å²) in [6.07, 6.45) is 4.74. The number of sulfonamides is 1. The second-order valence-electron chi connectivity index (χ2n) is 7.92. The highest BCUT2D eigenvalue weighted by molar-refractivity contribution is 7.89. The van der Waals surface area contributed by atoms with Crippen LogP contribution in [0.3, 0.4) is 0 Å². The van der Waals surface area contributed by atoms with Crippen LogP contribution in [0.2, 0.25) is 0 Å². The van der Waals surface area contributed by atoms with Gasteiger partial charge in [-0.2, -0.15) is 4.31 Å². The Morgan fingerprint density at radius 3 is 2.59 bits per heavy atom. The number of aromatic nitrogens is 2. The second-order valence-corrected chi connectivity index (χ2v) is 10.2. The molecule has 2 aliphatic heterocycles. The third kappa shape index (κ3) is 4.40. The van der Waals surface area contributed by atoms with Gasteiger partial charge in [0.05, 0.1) is 23.1 Å². The van der Waals surface area contributed by atoms with E-state index < -0.39 is 10.0 Å². The van der Waals surface area contributed by atoms with Gasteiger partial charge < -0.3 is 9.88 Å². The molecular weight excluding hydrogens is 392 g/mol. The van der Waals surface area contributed by atoms with Crippen molar-refractivity contribution in [1.82, 2.24) is 19.2 Å². The first-order valence-electron chi connectivity index (χ1n) is 10.7. The van der Waals surface area contributed by atoms with Gasteiger partial charge in [-0.1, -0.05) is 13.8 Å². The van der Waals surface area contributed by atoms with E-state index in [0.29, 0.717) is 36.6 Å². The van der Waals surface area contributed by atoms with Gasteiger partial charge in [-0.15, -0.1) is 0 Å². The zero-order valence-electron chi connectivity index (χ0n) is 17.6. The molecule has 2 aliphatic rings. The third-order valence-corrected chi connectivity index (χ3v) is 8.07. The smallest absolute Gasteiger partial charge is 0.255 e. The van der Waals surface area contributed by atoms with Crippen molar-refractivity contribution in [1.29, 1.82) is 0 Å². The fourth-order valence-electron chi connectivity index (χ4n) is 4.35. The van der Waals surface area contributed by atoms with Gasteiger partial charge in [0.15, 0.2) is 0 Å². The van der Waals surface area contributed by atoms with E-state index in [1.54, 1.807) is 6.92 Å². The van der Waals surface area contributed by atoms with E-state index in [0.717, 1.165) is 32.1 Å². The fraction of sp³-hybridized carbons (Fsp3) is 0.750. The minimum atomic E-state index is -3.35. The molecule has 162 valence electrons. The van der Waals surface area contributed by atoms with Crippen LogP contribution in [0.15, 0.2) is 4.79 Å². The minimum Gasteiger partial charge on any atom is -0.332 e. The summed E-state index contributed by atoms with van der Waals surface area (Å²) in [5, 5.41) is 0. The zero-order valence-corrected chi connectivity index (χ0v) is 18.4. The van der Waals surface area contributed by atoms with Gasteiger partial charge >= 0.3 is 0 Å². The van der Waals surface area contributed by atoms with Crippen LogP contribution in [0.4, 0.5) is 0 Å². The van der Waals surface area contributed by atoms with Crippen molar-refractivity contribution in [3.8, 4) is 0 Å². The molecule has 3 heterocycles. The third-order valence-electron chi connectivity index (χ3n) is 6.25. The molecular formula is C20H32N4O4S. The first kappa shape index (κ1) is 22.0. The van der Waals surface area contributed by atoms with Gasteiger partial charge in [-0.05, 0) is 39.0 Å². The van der Waals surface area contributed by atoms with Crippen molar-refractivity contribution >= 4 is 15.9 Å². The molecule has 0 bridgehead atoms. The molecule has 1 N–H and O–H groups in total. The Morgan fingerprint density at radius 2 is 1.93 bits per heavy atom. The van der Waals surface area contributed by atoms with Crippen molar-refractivity contribution < 1.29 is 13.2 Å². The Morgan fingerprint density at radius 1 is 1.21 bits per heavy atom. The summed E-state index contributed by atoms with van der Waals surface area (Å²) in [7, 11) is -3.35. The van der Waals surface area contributed by atoms with Crippen LogP contribution in [0.25, 0.3) is 0 Å². The molecule has 0 saturated carbocycles. The van der Waals surface area contributed by atoms with Crippen LogP contribution in [0.5, 0.6) is 0 Å². The van der Waals surface area contributed by atoms with E-state index in [-0.39, 0.29) is 35.7 Å². The number of carbonyl (C=O) groups excluding carboxylic acids is 1. The van der Waals surface area contributed by atoms with Crippen LogP contribution in [-0.4, -0.2) is 52.3 Å². The number of nitrogens with zero attached hydrogens (tertiary/aromatic N) is 3. The fourth-order valence-corrected chi connectivity index (χ4v) is 5.41. The van der Waals surface area contributed by atoms with E-state index in [1.807, 2.05) is 18.7 Å². The molecule has 0 aliphatic carbocycles. The molecule has 0 spiro atoms. The maximum Gasteiger partial charge on any atom is 0.255 e. The molecule has 0 unspecified atom stereocenters. The summed E-state index contributed by atoms with van der Waals surface area (Å²) in [4.78, 5) is 35.3. The van der Waals surface area contributed by atoms with E-state index in [9.17, 15) is 18.0 Å². The van der Waals surface area contributed by atoms with Gasteiger partial charge in [0.2, 0.25) is 15.9 Å². The maximum atomic E-state index is 13.0. The highest BCUT2D eigenvalue weighted by Gasteiger charge is 2.34. The van der Waals surface area contributed by atoms with Crippen molar-refractivity contribution in [2.45, 2.75) is 71.9 Å². The number of fused-ring (bicyclic) bond motifs is 1. The van der Waals surface area contributed by atoms with E-state index in [1.165, 1.54) is 4.31 Å². The summed E-state index contributed by atoms with van der Waals surface area (Å²) in [5.74, 6) is 0.689. The molecule has 9 heteroatoms. The molecule has 0 radical (unpaired) electrons. The topological polar surface area (TPSA) is 103 Å². The number of hydrogen-bond acceptors (Lipinski definition) is 5. The zero-order chi connectivity index (χ0) is 21.2. The second kappa shape index (κ2) is 8.95. The Bertz CT molecular complexity index is 908. The van der Waals surface area contributed by atoms with E-state index >= 15 is 0 Å². The highest BCUT2D eigenvalue weighted by atomic mass is 32.2. The molecule has 1 atom stereocenters. The average Bonchev–Trinajstić information content (AvgIpc) is 2.74. The standard InChI is InChI=1S/C20H32N4O4S/c1-4-14(5-2)20(26)24-11-8-7-9-17(24)18-21-16-10-12-23(29(27,28)6-3)13-15(16)19(25)22-18/h14,17H,4-13H2,1-3H3,(H,21,22,25)/t17-/m0/s1. The number of likely N-dealkylation sites (tertiary alicyclic amines) is 1. The lowest BCUT2D eigenvalue weighted by atomic mass is 9.95. The first-order chi connectivity index (χ1) is 13.8. The van der Waals surface area contributed by atoms with E-state index in [4.69, 9.17) is 4.98 Å². The highest BCUT2D eigenvalue weighted by Crippen LogP contribution is 2.31. The first-order valence-corrected chi connectivity index (χ1v) is 12.3. The Balaban J connectivity index is 1.91. The summed E-state index contributed by atoms with van der Waals surface area (Å²) < 4.78 is 25.7. The Kier molecular flexibility index (Phi) is 6.78. The van der Waals surface area contributed by atoms with Gasteiger partial charge in [0.25, 0.3) is 5.56 Å². The molecule has 0 aromatic carbocycles. The number of piperidine rings is 1. The molecule has 29 heavy (non-hydrogen) atoms. The summed E-state index contributed by atoms with van der Waals surface area (Å²) >= 11 is 0. The van der Waals surface area contributed by atoms with Crippen molar-refractivity contribution in [3.63, 3.8) is 0 Å². The summed E-state index contributed by atoms with van der Waals surface area (Å²) in [5.41, 5.74) is 0.791. The number of amides is 1. The number of rotatable bonds is 6. The van der Waals surface area contributed by atoms with Crippen LogP contribution in [-0.2, 0) is 27.8 Å². The minimum absolute atomic E-state index is 0.00671. The van der Waals surface area contributed by atoms with Crippen molar-refractivity contribution in [3.05, 3.63) is 27.4 Å². The average molecular weight is 425 g/mol. The lowest BCUT2D eigenvalue weighted by molar-refractivity contribution is -0.140. The molecule has 1 amide bonds. The maximum absolute atomic E-state index is 13.0. The molecule has 1 aromatic heterocycles. The quantitative estimate of drug-likeness (QED) is 0.752. The van der Waals surface area contributed by atoms with Crippen LogP contribution in [0, 0.1) is 5.92 Å². The lowest BCUT2D eigenvalue weighted by Crippen LogP contribution is -2.44. The van der Waals surface area contributed by atoms with Crippen LogP contribution >= 0.6 is 0 Å². The van der Waals surface area contributed by atoms with Crippen LogP contribution < -0.4 is 5.56 Å². The normalized spacial score (nSPS) is 20.7. The van der Waals surface area contributed by atoms with Gasteiger partial charge in [0, 0.05) is 32.0 Å². The molecule has 1 saturated heterocycles.